The number of hydrogen-bond donors (Lipinski definition) is 0. The molecule has 1 heterocycles. The maximum atomic E-state index is 12.6. The number of benzene rings is 2. The summed E-state index contributed by atoms with van der Waals surface area (Å²) >= 11 is 0. The summed E-state index contributed by atoms with van der Waals surface area (Å²) in [7, 11) is 0. The molecule has 4 heteroatoms. The third-order valence-electron chi connectivity index (χ3n) is 4.59. The summed E-state index contributed by atoms with van der Waals surface area (Å²) in [5.74, 6) is 0.712. The van der Waals surface area contributed by atoms with Crippen molar-refractivity contribution >= 4 is 5.91 Å². The first-order valence-corrected chi connectivity index (χ1v) is 8.70. The molecule has 2 aromatic rings. The van der Waals surface area contributed by atoms with Gasteiger partial charge in [0.05, 0.1) is 19.2 Å². The number of aryl methyl sites for hydroxylation is 2. The van der Waals surface area contributed by atoms with E-state index in [1.54, 1.807) is 0 Å². The van der Waals surface area contributed by atoms with Gasteiger partial charge in [-0.3, -0.25) is 4.79 Å². The summed E-state index contributed by atoms with van der Waals surface area (Å²) in [6.07, 6.45) is -0.0832. The molecular formula is C21H25NO3. The van der Waals surface area contributed by atoms with Crippen molar-refractivity contribution in [1.82, 2.24) is 4.90 Å². The van der Waals surface area contributed by atoms with Crippen molar-refractivity contribution in [1.29, 1.82) is 0 Å². The molecule has 0 bridgehead atoms. The second kappa shape index (κ2) is 7.70. The van der Waals surface area contributed by atoms with E-state index < -0.39 is 0 Å². The SMILES string of the molecule is Cc1ccc(OCC(=O)N2CC(c3ccc(C)cc3)OCC2C)cc1. The largest absolute Gasteiger partial charge is 0.484 e. The van der Waals surface area contributed by atoms with E-state index >= 15 is 0 Å². The van der Waals surface area contributed by atoms with Crippen molar-refractivity contribution in [3.05, 3.63) is 65.2 Å². The van der Waals surface area contributed by atoms with Crippen molar-refractivity contribution < 1.29 is 14.3 Å². The summed E-state index contributed by atoms with van der Waals surface area (Å²) < 4.78 is 11.6. The van der Waals surface area contributed by atoms with E-state index in [-0.39, 0.29) is 24.7 Å². The Morgan fingerprint density at radius 1 is 1.08 bits per heavy atom. The van der Waals surface area contributed by atoms with Crippen molar-refractivity contribution in [2.24, 2.45) is 0 Å². The molecule has 0 spiro atoms. The van der Waals surface area contributed by atoms with E-state index in [2.05, 4.69) is 31.2 Å². The average Bonchev–Trinajstić information content (AvgIpc) is 2.62. The number of hydrogen-bond acceptors (Lipinski definition) is 3. The molecule has 3 rings (SSSR count). The fourth-order valence-electron chi connectivity index (χ4n) is 2.95. The first-order chi connectivity index (χ1) is 12.0. The van der Waals surface area contributed by atoms with Crippen molar-refractivity contribution in [2.45, 2.75) is 32.9 Å². The maximum Gasteiger partial charge on any atom is 0.260 e. The first-order valence-electron chi connectivity index (χ1n) is 8.70. The zero-order chi connectivity index (χ0) is 17.8. The summed E-state index contributed by atoms with van der Waals surface area (Å²) in [5, 5.41) is 0. The van der Waals surface area contributed by atoms with Gasteiger partial charge in [-0.15, -0.1) is 0 Å². The van der Waals surface area contributed by atoms with E-state index in [0.29, 0.717) is 13.2 Å². The van der Waals surface area contributed by atoms with E-state index in [1.165, 1.54) is 11.1 Å². The van der Waals surface area contributed by atoms with E-state index in [1.807, 2.05) is 43.0 Å². The first kappa shape index (κ1) is 17.5. The van der Waals surface area contributed by atoms with Gasteiger partial charge in [-0.2, -0.15) is 0 Å². The normalized spacial score (nSPS) is 20.4. The summed E-state index contributed by atoms with van der Waals surface area (Å²) in [5.41, 5.74) is 3.49. The van der Waals surface area contributed by atoms with Gasteiger partial charge >= 0.3 is 0 Å². The zero-order valence-electron chi connectivity index (χ0n) is 15.1. The minimum absolute atomic E-state index is 0.00603. The minimum Gasteiger partial charge on any atom is -0.484 e. The smallest absolute Gasteiger partial charge is 0.260 e. The molecule has 0 radical (unpaired) electrons. The summed E-state index contributed by atoms with van der Waals surface area (Å²) in [4.78, 5) is 14.5. The Bertz CT molecular complexity index is 709. The number of nitrogens with zero attached hydrogens (tertiary/aromatic N) is 1. The number of carbonyl (C=O) groups is 1. The van der Waals surface area contributed by atoms with E-state index in [4.69, 9.17) is 9.47 Å². The molecule has 25 heavy (non-hydrogen) atoms. The Kier molecular flexibility index (Phi) is 5.39. The van der Waals surface area contributed by atoms with Crippen molar-refractivity contribution in [2.75, 3.05) is 19.8 Å². The van der Waals surface area contributed by atoms with Gasteiger partial charge in [-0.05, 0) is 38.5 Å². The van der Waals surface area contributed by atoms with E-state index in [0.717, 1.165) is 11.3 Å². The second-order valence-electron chi connectivity index (χ2n) is 6.73. The van der Waals surface area contributed by atoms with Crippen LogP contribution in [0.15, 0.2) is 48.5 Å². The van der Waals surface area contributed by atoms with Gasteiger partial charge < -0.3 is 14.4 Å². The molecule has 0 saturated carbocycles. The highest BCUT2D eigenvalue weighted by atomic mass is 16.5. The lowest BCUT2D eigenvalue weighted by Gasteiger charge is -2.38. The fourth-order valence-corrected chi connectivity index (χ4v) is 2.95. The lowest BCUT2D eigenvalue weighted by atomic mass is 10.0. The molecule has 2 unspecified atom stereocenters. The lowest BCUT2D eigenvalue weighted by molar-refractivity contribution is -0.146. The average molecular weight is 339 g/mol. The predicted octanol–water partition coefficient (Wildman–Crippen LogP) is 3.67. The van der Waals surface area contributed by atoms with Crippen LogP contribution in [-0.2, 0) is 9.53 Å². The minimum atomic E-state index is -0.0832. The molecule has 2 atom stereocenters. The standard InChI is InChI=1S/C21H25NO3/c1-15-4-8-18(9-5-15)20-12-22(17(3)13-25-20)21(23)14-24-19-10-6-16(2)7-11-19/h4-11,17,20H,12-14H2,1-3H3. The topological polar surface area (TPSA) is 38.8 Å². The van der Waals surface area contributed by atoms with Gasteiger partial charge in [0.25, 0.3) is 5.91 Å². The van der Waals surface area contributed by atoms with Crippen LogP contribution in [0.3, 0.4) is 0 Å². The van der Waals surface area contributed by atoms with Gasteiger partial charge in [0, 0.05) is 0 Å². The van der Waals surface area contributed by atoms with Gasteiger partial charge in [0.1, 0.15) is 11.9 Å². The highest BCUT2D eigenvalue weighted by Crippen LogP contribution is 2.25. The molecule has 4 nitrogen and oxygen atoms in total. The van der Waals surface area contributed by atoms with Crippen LogP contribution in [0.25, 0.3) is 0 Å². The molecule has 1 aliphatic rings. The quantitative estimate of drug-likeness (QED) is 0.853. The molecule has 0 N–H and O–H groups in total. The van der Waals surface area contributed by atoms with Crippen LogP contribution >= 0.6 is 0 Å². The van der Waals surface area contributed by atoms with Gasteiger partial charge in [-0.25, -0.2) is 0 Å². The Morgan fingerprint density at radius 2 is 1.68 bits per heavy atom. The number of carbonyl (C=O) groups excluding carboxylic acids is 1. The number of morpholine rings is 1. The van der Waals surface area contributed by atoms with Crippen LogP contribution in [-0.4, -0.2) is 36.6 Å². The molecule has 1 amide bonds. The molecular weight excluding hydrogens is 314 g/mol. The number of ether oxygens (including phenoxy) is 2. The van der Waals surface area contributed by atoms with Gasteiger partial charge in [0.15, 0.2) is 6.61 Å². The Balaban J connectivity index is 1.61. The molecule has 0 aliphatic carbocycles. The van der Waals surface area contributed by atoms with Crippen LogP contribution in [0.2, 0.25) is 0 Å². The van der Waals surface area contributed by atoms with Crippen LogP contribution in [0, 0.1) is 13.8 Å². The fraction of sp³-hybridized carbons (Fsp3) is 0.381. The molecule has 0 aromatic heterocycles. The monoisotopic (exact) mass is 339 g/mol. The van der Waals surface area contributed by atoms with Gasteiger partial charge in [-0.1, -0.05) is 47.5 Å². The molecule has 1 fully saturated rings. The predicted molar refractivity (Wildman–Crippen MR) is 97.7 cm³/mol. The van der Waals surface area contributed by atoms with Crippen LogP contribution in [0.4, 0.5) is 0 Å². The zero-order valence-corrected chi connectivity index (χ0v) is 15.1. The van der Waals surface area contributed by atoms with Gasteiger partial charge in [0.2, 0.25) is 0 Å². The summed E-state index contributed by atoms with van der Waals surface area (Å²) in [6, 6.07) is 16.1. The van der Waals surface area contributed by atoms with Crippen molar-refractivity contribution in [3.8, 4) is 5.75 Å². The third kappa shape index (κ3) is 4.40. The van der Waals surface area contributed by atoms with Crippen molar-refractivity contribution in [3.63, 3.8) is 0 Å². The highest BCUT2D eigenvalue weighted by molar-refractivity contribution is 5.78. The molecule has 1 saturated heterocycles. The van der Waals surface area contributed by atoms with Crippen LogP contribution in [0.1, 0.15) is 29.7 Å². The highest BCUT2D eigenvalue weighted by Gasteiger charge is 2.30. The lowest BCUT2D eigenvalue weighted by Crippen LogP contribution is -2.49. The molecule has 132 valence electrons. The van der Waals surface area contributed by atoms with Crippen LogP contribution < -0.4 is 4.74 Å². The summed E-state index contributed by atoms with van der Waals surface area (Å²) in [6.45, 7) is 7.24. The van der Waals surface area contributed by atoms with E-state index in [9.17, 15) is 4.79 Å². The number of amides is 1. The maximum absolute atomic E-state index is 12.6. The Hall–Kier alpha value is -2.33. The second-order valence-corrected chi connectivity index (χ2v) is 6.73. The molecule has 2 aromatic carbocycles. The van der Waals surface area contributed by atoms with Crippen LogP contribution in [0.5, 0.6) is 5.75 Å². The Morgan fingerprint density at radius 3 is 2.32 bits per heavy atom. The Labute approximate surface area is 149 Å². The number of rotatable bonds is 4. The third-order valence-corrected chi connectivity index (χ3v) is 4.59. The molecule has 1 aliphatic heterocycles.